The number of nitrogens with one attached hydrogen (secondary N) is 1. The lowest BCUT2D eigenvalue weighted by molar-refractivity contribution is -0.112. The zero-order chi connectivity index (χ0) is 23.5. The van der Waals surface area contributed by atoms with Crippen LogP contribution < -0.4 is 5.32 Å². The highest BCUT2D eigenvalue weighted by Crippen LogP contribution is 2.46. The van der Waals surface area contributed by atoms with Crippen molar-refractivity contribution >= 4 is 17.2 Å². The largest absolute Gasteiger partial charge is 0.370 e. The lowest BCUT2D eigenvalue weighted by Gasteiger charge is -2.47. The van der Waals surface area contributed by atoms with Crippen LogP contribution in [-0.4, -0.2) is 56.5 Å². The molecule has 180 valence electrons. The highest BCUT2D eigenvalue weighted by atomic mass is 32.1. The number of hydrogen-bond donors (Lipinski definition) is 1. The topological polar surface area (TPSA) is 85.2 Å². The van der Waals surface area contributed by atoms with Gasteiger partial charge in [-0.3, -0.25) is 19.4 Å². The molecule has 2 atom stereocenters. The van der Waals surface area contributed by atoms with Gasteiger partial charge in [-0.1, -0.05) is 12.1 Å². The first-order valence-electron chi connectivity index (χ1n) is 12.1. The minimum absolute atomic E-state index is 0.108. The number of carbonyl (C=O) groups is 1. The molecule has 2 aliphatic heterocycles. The third-order valence-electron chi connectivity index (χ3n) is 6.98. The van der Waals surface area contributed by atoms with Crippen LogP contribution in [-0.2, 0) is 36.3 Å². The van der Waals surface area contributed by atoms with Crippen molar-refractivity contribution in [3.8, 4) is 0 Å². The fourth-order valence-electron chi connectivity index (χ4n) is 5.13. The smallest absolute Gasteiger partial charge is 0.251 e. The number of aromatic nitrogens is 4. The first-order valence-corrected chi connectivity index (χ1v) is 13.0. The summed E-state index contributed by atoms with van der Waals surface area (Å²) >= 11 is 1.97. The second-order valence-corrected chi connectivity index (χ2v) is 10.5. The molecular weight excluding hydrogens is 448 g/mol. The molecule has 1 fully saturated rings. The summed E-state index contributed by atoms with van der Waals surface area (Å²) in [5.74, 6) is -0.108. The van der Waals surface area contributed by atoms with E-state index in [4.69, 9.17) is 4.74 Å². The summed E-state index contributed by atoms with van der Waals surface area (Å²) in [6.07, 6.45) is 9.38. The Balaban J connectivity index is 1.15. The Morgan fingerprint density at radius 2 is 2.21 bits per heavy atom. The SMILES string of the molecule is CCc1cc2c(s1)CCO[C@@]21CCN(Cc2cn(CCNC(=O)c3ccncc3)nn2)[C@@H](C)C1. The number of pyridine rings is 1. The zero-order valence-electron chi connectivity index (χ0n) is 19.9. The number of aryl methyl sites for hydroxylation is 1. The molecule has 1 N–H and O–H groups in total. The number of carbonyl (C=O) groups excluding carboxylic acids is 1. The molecule has 0 radical (unpaired) electrons. The fraction of sp³-hybridized carbons (Fsp3) is 0.520. The van der Waals surface area contributed by atoms with Crippen molar-refractivity contribution in [1.29, 1.82) is 0 Å². The van der Waals surface area contributed by atoms with Crippen LogP contribution in [0.5, 0.6) is 0 Å². The van der Waals surface area contributed by atoms with Crippen LogP contribution in [0, 0.1) is 0 Å². The van der Waals surface area contributed by atoms with E-state index in [1.807, 2.05) is 17.5 Å². The van der Waals surface area contributed by atoms with E-state index in [-0.39, 0.29) is 11.5 Å². The lowest BCUT2D eigenvalue weighted by atomic mass is 9.79. The minimum Gasteiger partial charge on any atom is -0.370 e. The van der Waals surface area contributed by atoms with Gasteiger partial charge in [0, 0.05) is 66.0 Å². The molecule has 5 rings (SSSR count). The number of rotatable bonds is 7. The number of ether oxygens (including phenoxy) is 1. The Labute approximate surface area is 204 Å². The quantitative estimate of drug-likeness (QED) is 0.559. The second-order valence-electron chi connectivity index (χ2n) is 9.23. The van der Waals surface area contributed by atoms with E-state index >= 15 is 0 Å². The van der Waals surface area contributed by atoms with Crippen molar-refractivity contribution in [2.24, 2.45) is 0 Å². The predicted molar refractivity (Wildman–Crippen MR) is 131 cm³/mol. The highest BCUT2D eigenvalue weighted by molar-refractivity contribution is 7.12. The van der Waals surface area contributed by atoms with Crippen molar-refractivity contribution < 1.29 is 9.53 Å². The first-order chi connectivity index (χ1) is 16.6. The average molecular weight is 481 g/mol. The summed E-state index contributed by atoms with van der Waals surface area (Å²) in [4.78, 5) is 21.6. The molecule has 0 aromatic carbocycles. The second kappa shape index (κ2) is 9.93. The normalized spacial score (nSPS) is 22.6. The number of thiophene rings is 1. The van der Waals surface area contributed by atoms with Crippen molar-refractivity contribution in [1.82, 2.24) is 30.2 Å². The maximum absolute atomic E-state index is 12.2. The van der Waals surface area contributed by atoms with Gasteiger partial charge in [0.2, 0.25) is 0 Å². The van der Waals surface area contributed by atoms with Crippen LogP contribution in [0.3, 0.4) is 0 Å². The van der Waals surface area contributed by atoms with Gasteiger partial charge in [0.05, 0.1) is 24.4 Å². The number of amides is 1. The molecule has 5 heterocycles. The van der Waals surface area contributed by atoms with Crippen molar-refractivity contribution in [2.75, 3.05) is 19.7 Å². The molecule has 0 saturated carbocycles. The average Bonchev–Trinajstić information content (AvgIpc) is 3.49. The van der Waals surface area contributed by atoms with Crippen LogP contribution in [0.4, 0.5) is 0 Å². The Hall–Kier alpha value is -2.62. The highest BCUT2D eigenvalue weighted by Gasteiger charge is 2.44. The molecule has 3 aromatic heterocycles. The molecule has 9 heteroatoms. The van der Waals surface area contributed by atoms with Crippen LogP contribution in [0.2, 0.25) is 0 Å². The van der Waals surface area contributed by atoms with E-state index in [0.717, 1.165) is 51.1 Å². The fourth-order valence-corrected chi connectivity index (χ4v) is 6.31. The van der Waals surface area contributed by atoms with Gasteiger partial charge < -0.3 is 10.1 Å². The maximum atomic E-state index is 12.2. The molecular formula is C25H32N6O2S. The Bertz CT molecular complexity index is 1130. The van der Waals surface area contributed by atoms with Crippen LogP contribution in [0.1, 0.15) is 58.1 Å². The standard InChI is InChI=1S/C25H32N6O2S/c1-3-21-14-22-23(34-21)6-13-33-25(22)7-11-30(18(2)15-25)16-20-17-31(29-28-20)12-10-27-24(32)19-4-8-26-9-5-19/h4-5,8-9,14,17-18H,3,6-7,10-13,15-16H2,1-2H3,(H,27,32)/t18-,25+/m0/s1. The third-order valence-corrected chi connectivity index (χ3v) is 8.32. The van der Waals surface area contributed by atoms with Gasteiger partial charge in [-0.15, -0.1) is 16.4 Å². The molecule has 1 spiro atoms. The molecule has 1 amide bonds. The molecule has 8 nitrogen and oxygen atoms in total. The molecule has 0 bridgehead atoms. The van der Waals surface area contributed by atoms with E-state index in [0.29, 0.717) is 24.7 Å². The molecule has 0 aliphatic carbocycles. The Morgan fingerprint density at radius 1 is 1.35 bits per heavy atom. The molecule has 0 unspecified atom stereocenters. The molecule has 3 aromatic rings. The van der Waals surface area contributed by atoms with Gasteiger partial charge in [0.15, 0.2) is 0 Å². The first kappa shape index (κ1) is 23.1. The number of hydrogen-bond acceptors (Lipinski definition) is 7. The van der Waals surface area contributed by atoms with E-state index in [2.05, 4.69) is 45.4 Å². The Morgan fingerprint density at radius 3 is 3.00 bits per heavy atom. The maximum Gasteiger partial charge on any atom is 0.251 e. The third kappa shape index (κ3) is 4.78. The van der Waals surface area contributed by atoms with Crippen LogP contribution in [0.15, 0.2) is 36.8 Å². The van der Waals surface area contributed by atoms with Gasteiger partial charge in [-0.05, 0) is 49.9 Å². The summed E-state index contributed by atoms with van der Waals surface area (Å²) in [5.41, 5.74) is 2.88. The number of fused-ring (bicyclic) bond motifs is 2. The molecule has 2 aliphatic rings. The van der Waals surface area contributed by atoms with Crippen LogP contribution in [0.25, 0.3) is 0 Å². The summed E-state index contributed by atoms with van der Waals surface area (Å²) in [5, 5.41) is 11.5. The van der Waals surface area contributed by atoms with Gasteiger partial charge in [-0.2, -0.15) is 0 Å². The monoisotopic (exact) mass is 480 g/mol. The number of likely N-dealkylation sites (tertiary alicyclic amines) is 1. The van der Waals surface area contributed by atoms with Gasteiger partial charge in [-0.25, -0.2) is 0 Å². The molecule has 34 heavy (non-hydrogen) atoms. The lowest BCUT2D eigenvalue weighted by Crippen LogP contribution is -2.50. The Kier molecular flexibility index (Phi) is 6.76. The van der Waals surface area contributed by atoms with Gasteiger partial charge >= 0.3 is 0 Å². The van der Waals surface area contributed by atoms with Gasteiger partial charge in [0.25, 0.3) is 5.91 Å². The van der Waals surface area contributed by atoms with Gasteiger partial charge in [0.1, 0.15) is 0 Å². The van der Waals surface area contributed by atoms with E-state index in [1.54, 1.807) is 29.2 Å². The zero-order valence-corrected chi connectivity index (χ0v) is 20.7. The predicted octanol–water partition coefficient (Wildman–Crippen LogP) is 3.18. The van der Waals surface area contributed by atoms with Crippen LogP contribution >= 0.6 is 11.3 Å². The van der Waals surface area contributed by atoms with E-state index < -0.39 is 0 Å². The number of nitrogens with zero attached hydrogens (tertiary/aromatic N) is 5. The van der Waals surface area contributed by atoms with Crippen molar-refractivity contribution in [3.63, 3.8) is 0 Å². The summed E-state index contributed by atoms with van der Waals surface area (Å²) < 4.78 is 8.27. The summed E-state index contributed by atoms with van der Waals surface area (Å²) in [6.45, 7) is 8.19. The van der Waals surface area contributed by atoms with E-state index in [1.165, 1.54) is 15.3 Å². The van der Waals surface area contributed by atoms with E-state index in [9.17, 15) is 4.79 Å². The number of piperidine rings is 1. The summed E-state index contributed by atoms with van der Waals surface area (Å²) in [7, 11) is 0. The van der Waals surface area contributed by atoms with Crippen molar-refractivity contribution in [2.45, 2.75) is 64.3 Å². The van der Waals surface area contributed by atoms with Crippen molar-refractivity contribution in [3.05, 3.63) is 63.4 Å². The summed E-state index contributed by atoms with van der Waals surface area (Å²) in [6, 6.07) is 6.20. The molecule has 1 saturated heterocycles. The minimum atomic E-state index is -0.127.